The lowest BCUT2D eigenvalue weighted by Crippen LogP contribution is -2.30. The topological polar surface area (TPSA) is 93.5 Å². The summed E-state index contributed by atoms with van der Waals surface area (Å²) in [6.45, 7) is -0.486. The number of carbonyl (C=O) groups excluding carboxylic acids is 1. The molecule has 2 N–H and O–H groups in total. The fraction of sp³-hybridized carbons (Fsp3) is 0.188. The summed E-state index contributed by atoms with van der Waals surface area (Å²) in [7, 11) is 0. The van der Waals surface area contributed by atoms with E-state index in [4.69, 9.17) is 9.84 Å². The number of benzene rings is 1. The molecule has 0 unspecified atom stereocenters. The smallest absolute Gasteiger partial charge is 0.352 e. The summed E-state index contributed by atoms with van der Waals surface area (Å²) in [6, 6.07) is 7.98. The lowest BCUT2D eigenvalue weighted by atomic mass is 10.2. The number of halogens is 2. The number of amides is 1. The first-order valence-electron chi connectivity index (χ1n) is 7.28. The van der Waals surface area contributed by atoms with Crippen LogP contribution in [0.5, 0.6) is 0 Å². The number of hydrogen-bond acceptors (Lipinski definition) is 5. The predicted octanol–water partition coefficient (Wildman–Crippen LogP) is 1.38. The van der Waals surface area contributed by atoms with Gasteiger partial charge in [0.2, 0.25) is 0 Å². The highest BCUT2D eigenvalue weighted by atomic mass is 19.1. The molecule has 0 saturated carbocycles. The fourth-order valence-electron chi connectivity index (χ4n) is 2.29. The molecule has 2 heterocycles. The van der Waals surface area contributed by atoms with Crippen LogP contribution in [-0.2, 0) is 4.74 Å². The Kier molecular flexibility index (Phi) is 4.68. The monoisotopic (exact) mass is 349 g/mol. The van der Waals surface area contributed by atoms with Crippen molar-refractivity contribution in [2.45, 2.75) is 12.3 Å². The van der Waals surface area contributed by atoms with Crippen molar-refractivity contribution in [1.82, 2.24) is 9.55 Å². The number of anilines is 1. The van der Waals surface area contributed by atoms with Crippen LogP contribution in [0.4, 0.5) is 14.6 Å². The number of nitrogens with one attached hydrogen (secondary N) is 1. The molecular formula is C16H13F2N3O4. The van der Waals surface area contributed by atoms with E-state index < -0.39 is 48.0 Å². The van der Waals surface area contributed by atoms with Gasteiger partial charge < -0.3 is 15.2 Å². The largest absolute Gasteiger partial charge is 0.393 e. The van der Waals surface area contributed by atoms with Gasteiger partial charge in [-0.3, -0.25) is 9.36 Å². The van der Waals surface area contributed by atoms with Crippen molar-refractivity contribution in [2.75, 3.05) is 11.9 Å². The number of aromatic nitrogens is 2. The standard InChI is InChI=1S/C16H13F2N3O4/c17-11-6-10(8-22)25-15(11)21-7-12(18)13(20-16(21)24)19-14(23)9-4-2-1-3-5-9/h1-7,10,15,22H,8H2,(H,19,20,23,24)/t10-,15-/m1/s1. The van der Waals surface area contributed by atoms with Crippen molar-refractivity contribution in [3.05, 3.63) is 70.3 Å². The molecule has 0 aliphatic carbocycles. The van der Waals surface area contributed by atoms with E-state index in [-0.39, 0.29) is 5.56 Å². The Labute approximate surface area is 140 Å². The maximum atomic E-state index is 14.2. The first-order valence-corrected chi connectivity index (χ1v) is 7.28. The lowest BCUT2D eigenvalue weighted by molar-refractivity contribution is -0.0218. The molecule has 0 fully saturated rings. The van der Waals surface area contributed by atoms with E-state index >= 15 is 0 Å². The molecule has 1 aliphatic heterocycles. The highest BCUT2D eigenvalue weighted by Gasteiger charge is 2.30. The van der Waals surface area contributed by atoms with Crippen LogP contribution in [0.15, 0.2) is 53.2 Å². The molecular weight excluding hydrogens is 336 g/mol. The van der Waals surface area contributed by atoms with Crippen LogP contribution in [0.25, 0.3) is 0 Å². The van der Waals surface area contributed by atoms with Gasteiger partial charge in [0, 0.05) is 5.56 Å². The maximum Gasteiger partial charge on any atom is 0.352 e. The molecule has 2 atom stereocenters. The molecule has 1 aromatic carbocycles. The van der Waals surface area contributed by atoms with Crippen LogP contribution in [-0.4, -0.2) is 33.3 Å². The summed E-state index contributed by atoms with van der Waals surface area (Å²) in [4.78, 5) is 27.5. The van der Waals surface area contributed by atoms with Gasteiger partial charge in [0.25, 0.3) is 5.91 Å². The van der Waals surface area contributed by atoms with Gasteiger partial charge in [0.1, 0.15) is 11.9 Å². The van der Waals surface area contributed by atoms with Crippen molar-refractivity contribution in [1.29, 1.82) is 0 Å². The average Bonchev–Trinajstić information content (AvgIpc) is 2.99. The molecule has 0 spiro atoms. The van der Waals surface area contributed by atoms with Crippen molar-refractivity contribution >= 4 is 11.7 Å². The van der Waals surface area contributed by atoms with Gasteiger partial charge in [-0.05, 0) is 18.2 Å². The molecule has 0 saturated heterocycles. The van der Waals surface area contributed by atoms with Crippen molar-refractivity contribution < 1.29 is 23.4 Å². The second-order valence-electron chi connectivity index (χ2n) is 5.21. The average molecular weight is 349 g/mol. The molecule has 0 bridgehead atoms. The molecule has 0 radical (unpaired) electrons. The molecule has 9 heteroatoms. The van der Waals surface area contributed by atoms with Crippen LogP contribution >= 0.6 is 0 Å². The third-order valence-corrected chi connectivity index (χ3v) is 3.49. The Bertz CT molecular complexity index is 883. The number of rotatable bonds is 4. The number of nitrogens with zero attached hydrogens (tertiary/aromatic N) is 2. The Hall–Kier alpha value is -2.91. The van der Waals surface area contributed by atoms with Crippen LogP contribution in [0.2, 0.25) is 0 Å². The summed E-state index contributed by atoms with van der Waals surface area (Å²) < 4.78 is 33.7. The van der Waals surface area contributed by atoms with Gasteiger partial charge in [-0.15, -0.1) is 0 Å². The first kappa shape index (κ1) is 16.9. The van der Waals surface area contributed by atoms with Gasteiger partial charge in [0.05, 0.1) is 12.8 Å². The third kappa shape index (κ3) is 3.47. The summed E-state index contributed by atoms with van der Waals surface area (Å²) in [5, 5.41) is 11.2. The van der Waals surface area contributed by atoms with Gasteiger partial charge in [0.15, 0.2) is 17.9 Å². The minimum absolute atomic E-state index is 0.256. The number of aliphatic hydroxyl groups excluding tert-OH is 1. The highest BCUT2D eigenvalue weighted by molar-refractivity contribution is 6.03. The summed E-state index contributed by atoms with van der Waals surface area (Å²) in [5.41, 5.74) is -0.760. The van der Waals surface area contributed by atoms with E-state index in [1.807, 2.05) is 0 Å². The Morgan fingerprint density at radius 3 is 2.68 bits per heavy atom. The zero-order valence-electron chi connectivity index (χ0n) is 12.7. The van der Waals surface area contributed by atoms with Crippen LogP contribution in [0.1, 0.15) is 16.6 Å². The highest BCUT2D eigenvalue weighted by Crippen LogP contribution is 2.29. The first-order chi connectivity index (χ1) is 12.0. The van der Waals surface area contributed by atoms with E-state index in [0.29, 0.717) is 10.8 Å². The molecule has 1 amide bonds. The summed E-state index contributed by atoms with van der Waals surface area (Å²) in [5.74, 6) is -3.10. The van der Waals surface area contributed by atoms with Crippen molar-refractivity contribution in [2.24, 2.45) is 0 Å². The summed E-state index contributed by atoms with van der Waals surface area (Å²) >= 11 is 0. The number of carbonyl (C=O) groups is 1. The fourth-order valence-corrected chi connectivity index (χ4v) is 2.29. The number of ether oxygens (including phenoxy) is 1. The zero-order valence-corrected chi connectivity index (χ0v) is 12.7. The third-order valence-electron chi connectivity index (χ3n) is 3.49. The van der Waals surface area contributed by atoms with E-state index in [9.17, 15) is 18.4 Å². The Morgan fingerprint density at radius 2 is 2.04 bits per heavy atom. The second kappa shape index (κ2) is 6.91. The van der Waals surface area contributed by atoms with Crippen LogP contribution < -0.4 is 11.0 Å². The van der Waals surface area contributed by atoms with Gasteiger partial charge in [-0.2, -0.15) is 4.98 Å². The molecule has 2 aromatic rings. The van der Waals surface area contributed by atoms with Gasteiger partial charge in [-0.1, -0.05) is 18.2 Å². The van der Waals surface area contributed by atoms with Crippen molar-refractivity contribution in [3.8, 4) is 0 Å². The number of hydrogen-bond donors (Lipinski definition) is 2. The van der Waals surface area contributed by atoms with E-state index in [0.717, 1.165) is 6.08 Å². The molecule has 1 aromatic heterocycles. The van der Waals surface area contributed by atoms with Gasteiger partial charge in [-0.25, -0.2) is 13.6 Å². The Morgan fingerprint density at radius 1 is 1.32 bits per heavy atom. The quantitative estimate of drug-likeness (QED) is 0.870. The normalized spacial score (nSPS) is 19.6. The van der Waals surface area contributed by atoms with E-state index in [1.54, 1.807) is 18.2 Å². The second-order valence-corrected chi connectivity index (χ2v) is 5.21. The molecule has 3 rings (SSSR count). The van der Waals surface area contributed by atoms with Crippen molar-refractivity contribution in [3.63, 3.8) is 0 Å². The van der Waals surface area contributed by atoms with E-state index in [2.05, 4.69) is 10.3 Å². The molecule has 130 valence electrons. The maximum absolute atomic E-state index is 14.2. The number of aliphatic hydroxyl groups is 1. The summed E-state index contributed by atoms with van der Waals surface area (Å²) in [6.07, 6.45) is -0.767. The minimum atomic E-state index is -1.51. The molecule has 7 nitrogen and oxygen atoms in total. The zero-order chi connectivity index (χ0) is 18.0. The van der Waals surface area contributed by atoms with Gasteiger partial charge >= 0.3 is 5.69 Å². The molecule has 25 heavy (non-hydrogen) atoms. The SMILES string of the molecule is O=C(Nc1nc(=O)n([C@@H]2O[C@@H](CO)C=C2F)cc1F)c1ccccc1. The minimum Gasteiger partial charge on any atom is -0.393 e. The van der Waals surface area contributed by atoms with E-state index in [1.165, 1.54) is 12.1 Å². The lowest BCUT2D eigenvalue weighted by Gasteiger charge is -2.16. The molecule has 1 aliphatic rings. The van der Waals surface area contributed by atoms with Crippen LogP contribution in [0.3, 0.4) is 0 Å². The Balaban J connectivity index is 1.85. The van der Waals surface area contributed by atoms with Crippen LogP contribution in [0, 0.1) is 5.82 Å². The predicted molar refractivity (Wildman–Crippen MR) is 83.0 cm³/mol.